The molecule has 0 heterocycles. The monoisotopic (exact) mass is 122 g/mol. The van der Waals surface area contributed by atoms with Crippen LogP contribution in [0.25, 0.3) is 0 Å². The van der Waals surface area contributed by atoms with Crippen molar-refractivity contribution in [2.75, 3.05) is 0 Å². The van der Waals surface area contributed by atoms with Crippen molar-refractivity contribution in [3.8, 4) is 0 Å². The number of rotatable bonds is 3. The minimum atomic E-state index is 1.06. The topological polar surface area (TPSA) is 0 Å². The highest BCUT2D eigenvalue weighted by molar-refractivity contribution is 5.21. The van der Waals surface area contributed by atoms with Crippen molar-refractivity contribution in [1.82, 2.24) is 0 Å². The van der Waals surface area contributed by atoms with Crippen LogP contribution in [0.3, 0.4) is 0 Å². The van der Waals surface area contributed by atoms with Crippen LogP contribution < -0.4 is 0 Å². The Hall–Kier alpha value is -0.780. The van der Waals surface area contributed by atoms with E-state index >= 15 is 0 Å². The molecule has 0 aromatic rings. The minimum absolute atomic E-state index is 1.06. The zero-order chi connectivity index (χ0) is 7.11. The van der Waals surface area contributed by atoms with Crippen LogP contribution in [0, 0.1) is 0 Å². The minimum Gasteiger partial charge on any atom is -0.0988 e. The summed E-state index contributed by atoms with van der Waals surface area (Å²) in [7, 11) is 0. The first kappa shape index (κ1) is 8.22. The van der Waals surface area contributed by atoms with E-state index in [-0.39, 0.29) is 0 Å². The van der Waals surface area contributed by atoms with Crippen LogP contribution in [-0.2, 0) is 0 Å². The SMILES string of the molecule is C=C/C(=C\C=CC)CC. The molecule has 0 bridgehead atoms. The van der Waals surface area contributed by atoms with E-state index < -0.39 is 0 Å². The lowest BCUT2D eigenvalue weighted by molar-refractivity contribution is 1.15. The molecule has 0 aromatic heterocycles. The Morgan fingerprint density at radius 3 is 2.56 bits per heavy atom. The van der Waals surface area contributed by atoms with Crippen LogP contribution in [0.5, 0.6) is 0 Å². The smallest absolute Gasteiger partial charge is 0.0308 e. The Balaban J connectivity index is 3.90. The second-order valence-electron chi connectivity index (χ2n) is 1.83. The van der Waals surface area contributed by atoms with Crippen molar-refractivity contribution in [3.63, 3.8) is 0 Å². The average Bonchev–Trinajstić information content (AvgIpc) is 1.91. The van der Waals surface area contributed by atoms with Gasteiger partial charge in [-0.15, -0.1) is 0 Å². The van der Waals surface area contributed by atoms with Gasteiger partial charge in [-0.1, -0.05) is 37.8 Å². The van der Waals surface area contributed by atoms with Crippen molar-refractivity contribution in [1.29, 1.82) is 0 Å². The van der Waals surface area contributed by atoms with Crippen molar-refractivity contribution in [3.05, 3.63) is 36.5 Å². The van der Waals surface area contributed by atoms with Crippen LogP contribution >= 0.6 is 0 Å². The standard InChI is InChI=1S/C9H14/c1-4-7-8-9(5-2)6-3/h4-5,7-8H,2,6H2,1,3H3/b7-4?,9-8+. The molecule has 0 aliphatic carbocycles. The molecule has 0 aromatic carbocycles. The van der Waals surface area contributed by atoms with Crippen molar-refractivity contribution < 1.29 is 0 Å². The fraction of sp³-hybridized carbons (Fsp3) is 0.333. The van der Waals surface area contributed by atoms with Crippen molar-refractivity contribution in [2.45, 2.75) is 20.3 Å². The van der Waals surface area contributed by atoms with Gasteiger partial charge in [0.2, 0.25) is 0 Å². The molecule has 0 heteroatoms. The summed E-state index contributed by atoms with van der Waals surface area (Å²) in [6.45, 7) is 7.81. The number of hydrogen-bond donors (Lipinski definition) is 0. The molecular formula is C9H14. The van der Waals surface area contributed by atoms with E-state index in [1.807, 2.05) is 25.2 Å². The highest BCUT2D eigenvalue weighted by Gasteiger charge is 1.79. The maximum atomic E-state index is 3.68. The van der Waals surface area contributed by atoms with Gasteiger partial charge in [0.15, 0.2) is 0 Å². The third-order valence-electron chi connectivity index (χ3n) is 1.17. The molecule has 9 heavy (non-hydrogen) atoms. The summed E-state index contributed by atoms with van der Waals surface area (Å²) in [5.41, 5.74) is 1.29. The predicted octanol–water partition coefficient (Wildman–Crippen LogP) is 3.08. The summed E-state index contributed by atoms with van der Waals surface area (Å²) in [5, 5.41) is 0. The lowest BCUT2D eigenvalue weighted by atomic mass is 10.2. The molecular weight excluding hydrogens is 108 g/mol. The van der Waals surface area contributed by atoms with Crippen molar-refractivity contribution >= 4 is 0 Å². The van der Waals surface area contributed by atoms with Gasteiger partial charge in [0.25, 0.3) is 0 Å². The van der Waals surface area contributed by atoms with Crippen molar-refractivity contribution in [2.24, 2.45) is 0 Å². The highest BCUT2D eigenvalue weighted by atomic mass is 13.9. The first-order valence-corrected chi connectivity index (χ1v) is 3.29. The van der Waals surface area contributed by atoms with Gasteiger partial charge in [-0.2, -0.15) is 0 Å². The summed E-state index contributed by atoms with van der Waals surface area (Å²) in [4.78, 5) is 0. The molecule has 0 atom stereocenters. The molecule has 0 aliphatic heterocycles. The largest absolute Gasteiger partial charge is 0.0988 e. The lowest BCUT2D eigenvalue weighted by Gasteiger charge is -1.89. The highest BCUT2D eigenvalue weighted by Crippen LogP contribution is 2.00. The molecule has 0 saturated carbocycles. The predicted molar refractivity (Wildman–Crippen MR) is 43.4 cm³/mol. The first-order chi connectivity index (χ1) is 4.35. The molecule has 0 nitrogen and oxygen atoms in total. The van der Waals surface area contributed by atoms with Gasteiger partial charge in [-0.05, 0) is 18.9 Å². The zero-order valence-electron chi connectivity index (χ0n) is 6.22. The van der Waals surface area contributed by atoms with Gasteiger partial charge < -0.3 is 0 Å². The van der Waals surface area contributed by atoms with E-state index in [9.17, 15) is 0 Å². The molecule has 0 aliphatic rings. The maximum absolute atomic E-state index is 3.68. The molecule has 0 radical (unpaired) electrons. The van der Waals surface area contributed by atoms with Crippen LogP contribution in [0.4, 0.5) is 0 Å². The quantitative estimate of drug-likeness (QED) is 0.504. The number of hydrogen-bond acceptors (Lipinski definition) is 0. The molecule has 50 valence electrons. The molecule has 0 fully saturated rings. The third kappa shape index (κ3) is 3.77. The summed E-state index contributed by atoms with van der Waals surface area (Å²) in [6.07, 6.45) is 9.07. The Morgan fingerprint density at radius 1 is 1.56 bits per heavy atom. The molecule has 0 N–H and O–H groups in total. The third-order valence-corrected chi connectivity index (χ3v) is 1.17. The summed E-state index contributed by atoms with van der Waals surface area (Å²) >= 11 is 0. The molecule has 0 amide bonds. The van der Waals surface area contributed by atoms with Crippen LogP contribution in [0.2, 0.25) is 0 Å². The molecule has 0 saturated heterocycles. The zero-order valence-corrected chi connectivity index (χ0v) is 6.22. The van der Waals surface area contributed by atoms with Gasteiger partial charge >= 0.3 is 0 Å². The van der Waals surface area contributed by atoms with Gasteiger partial charge in [-0.3, -0.25) is 0 Å². The van der Waals surface area contributed by atoms with Gasteiger partial charge in [0.05, 0.1) is 0 Å². The van der Waals surface area contributed by atoms with E-state index in [1.165, 1.54) is 5.57 Å². The van der Waals surface area contributed by atoms with Crippen LogP contribution in [0.15, 0.2) is 36.5 Å². The summed E-state index contributed by atoms with van der Waals surface area (Å²) < 4.78 is 0. The molecule has 0 spiro atoms. The Bertz CT molecular complexity index is 127. The second-order valence-corrected chi connectivity index (χ2v) is 1.83. The normalized spacial score (nSPS) is 12.4. The second kappa shape index (κ2) is 5.36. The molecule has 0 unspecified atom stereocenters. The van der Waals surface area contributed by atoms with Crippen LogP contribution in [0.1, 0.15) is 20.3 Å². The Morgan fingerprint density at radius 2 is 2.22 bits per heavy atom. The fourth-order valence-corrected chi connectivity index (χ4v) is 0.550. The van der Waals surface area contributed by atoms with E-state index in [0.717, 1.165) is 6.42 Å². The van der Waals surface area contributed by atoms with E-state index in [1.54, 1.807) is 0 Å². The Labute approximate surface area is 57.6 Å². The fourth-order valence-electron chi connectivity index (χ4n) is 0.550. The number of allylic oxidation sites excluding steroid dienone is 5. The summed E-state index contributed by atoms with van der Waals surface area (Å²) in [5.74, 6) is 0. The maximum Gasteiger partial charge on any atom is -0.0308 e. The Kier molecular flexibility index (Phi) is 4.89. The van der Waals surface area contributed by atoms with Gasteiger partial charge in [0.1, 0.15) is 0 Å². The average molecular weight is 122 g/mol. The first-order valence-electron chi connectivity index (χ1n) is 3.29. The van der Waals surface area contributed by atoms with Gasteiger partial charge in [-0.25, -0.2) is 0 Å². The summed E-state index contributed by atoms with van der Waals surface area (Å²) in [6, 6.07) is 0. The van der Waals surface area contributed by atoms with Gasteiger partial charge in [0, 0.05) is 0 Å². The van der Waals surface area contributed by atoms with E-state index in [0.29, 0.717) is 0 Å². The molecule has 0 rings (SSSR count). The van der Waals surface area contributed by atoms with E-state index in [4.69, 9.17) is 0 Å². The lowest BCUT2D eigenvalue weighted by Crippen LogP contribution is -1.69. The van der Waals surface area contributed by atoms with Crippen LogP contribution in [-0.4, -0.2) is 0 Å². The van der Waals surface area contributed by atoms with E-state index in [2.05, 4.69) is 19.6 Å².